The average molecular weight is 481 g/mol. The summed E-state index contributed by atoms with van der Waals surface area (Å²) in [6.07, 6.45) is 4.26. The van der Waals surface area contributed by atoms with Crippen molar-refractivity contribution >= 4 is 39.0 Å². The third-order valence-electron chi connectivity index (χ3n) is 5.36. The first-order valence-electron chi connectivity index (χ1n) is 10.5. The Morgan fingerprint density at radius 2 is 1.85 bits per heavy atom. The molecule has 4 rings (SSSR count). The molecule has 176 valence electrons. The molecule has 10 nitrogen and oxygen atoms in total. The van der Waals surface area contributed by atoms with Crippen LogP contribution < -0.4 is 20.9 Å². The van der Waals surface area contributed by atoms with Crippen molar-refractivity contribution in [1.82, 2.24) is 15.3 Å². The Hall–Kier alpha value is -3.99. The van der Waals surface area contributed by atoms with Crippen LogP contribution in [-0.2, 0) is 9.84 Å². The topological polar surface area (TPSA) is 133 Å². The van der Waals surface area contributed by atoms with Crippen molar-refractivity contribution in [3.8, 4) is 0 Å². The van der Waals surface area contributed by atoms with E-state index >= 15 is 0 Å². The molecule has 2 heterocycles. The quantitative estimate of drug-likeness (QED) is 0.493. The molecule has 0 spiro atoms. The fourth-order valence-electron chi connectivity index (χ4n) is 3.52. The molecule has 0 bridgehead atoms. The van der Waals surface area contributed by atoms with Crippen LogP contribution in [0.3, 0.4) is 0 Å². The summed E-state index contributed by atoms with van der Waals surface area (Å²) in [6.45, 7) is 3.13. The highest BCUT2D eigenvalue weighted by Gasteiger charge is 2.29. The molecular formula is C23H24N6O4S. The van der Waals surface area contributed by atoms with Gasteiger partial charge in [-0.2, -0.15) is 0 Å². The van der Waals surface area contributed by atoms with E-state index in [1.165, 1.54) is 24.5 Å². The number of carbonyl (C=O) groups excluding carboxylic acids is 2. The van der Waals surface area contributed by atoms with Gasteiger partial charge in [-0.05, 0) is 55.0 Å². The van der Waals surface area contributed by atoms with Gasteiger partial charge in [-0.1, -0.05) is 6.07 Å². The third-order valence-corrected chi connectivity index (χ3v) is 6.47. The molecule has 1 aliphatic rings. The van der Waals surface area contributed by atoms with Gasteiger partial charge in [0, 0.05) is 42.5 Å². The van der Waals surface area contributed by atoms with Crippen LogP contribution in [0.25, 0.3) is 0 Å². The highest BCUT2D eigenvalue weighted by molar-refractivity contribution is 7.90. The van der Waals surface area contributed by atoms with Crippen molar-refractivity contribution < 1.29 is 18.0 Å². The maximum absolute atomic E-state index is 12.6. The smallest absolute Gasteiger partial charge is 0.319 e. The van der Waals surface area contributed by atoms with Gasteiger partial charge in [0.25, 0.3) is 5.91 Å². The standard InChI is InChI=1S/C23H24N6O4S/c1-15-10-17(26-23(31)27-18-12-29(13-18)21-8-9-24-14-25-21)6-7-20(15)28-22(30)16-4-3-5-19(11-16)34(2,32)33/h3-11,14,18H,12-13H2,1-2H3,(H,28,30)(H2,26,27,31). The second kappa shape index (κ2) is 9.48. The van der Waals surface area contributed by atoms with Gasteiger partial charge in [-0.25, -0.2) is 23.2 Å². The summed E-state index contributed by atoms with van der Waals surface area (Å²) in [6, 6.07) is 12.5. The molecule has 1 saturated heterocycles. The molecule has 3 amide bonds. The largest absolute Gasteiger partial charge is 0.352 e. The normalized spacial score (nSPS) is 13.6. The van der Waals surface area contributed by atoms with Gasteiger partial charge in [-0.15, -0.1) is 0 Å². The van der Waals surface area contributed by atoms with E-state index in [0.717, 1.165) is 17.6 Å². The van der Waals surface area contributed by atoms with Gasteiger partial charge in [0.2, 0.25) is 0 Å². The minimum Gasteiger partial charge on any atom is -0.352 e. The van der Waals surface area contributed by atoms with E-state index in [9.17, 15) is 18.0 Å². The molecule has 0 saturated carbocycles. The molecule has 3 N–H and O–H groups in total. The highest BCUT2D eigenvalue weighted by atomic mass is 32.2. The third kappa shape index (κ3) is 5.49. The van der Waals surface area contributed by atoms with Gasteiger partial charge in [-0.3, -0.25) is 4.79 Å². The maximum atomic E-state index is 12.6. The molecule has 1 fully saturated rings. The van der Waals surface area contributed by atoms with Crippen LogP contribution in [0.1, 0.15) is 15.9 Å². The number of anilines is 3. The van der Waals surface area contributed by atoms with Crippen molar-refractivity contribution in [1.29, 1.82) is 0 Å². The molecule has 0 unspecified atom stereocenters. The Labute approximate surface area is 197 Å². The number of aryl methyl sites for hydroxylation is 1. The highest BCUT2D eigenvalue weighted by Crippen LogP contribution is 2.22. The summed E-state index contributed by atoms with van der Waals surface area (Å²) < 4.78 is 23.5. The number of carbonyl (C=O) groups is 2. The van der Waals surface area contributed by atoms with Crippen LogP contribution in [0, 0.1) is 6.92 Å². The molecule has 3 aromatic rings. The summed E-state index contributed by atoms with van der Waals surface area (Å²) in [5.41, 5.74) is 2.11. The Bertz CT molecular complexity index is 1320. The van der Waals surface area contributed by atoms with E-state index in [4.69, 9.17) is 0 Å². The van der Waals surface area contributed by atoms with Crippen molar-refractivity contribution in [3.63, 3.8) is 0 Å². The molecular weight excluding hydrogens is 456 g/mol. The molecule has 0 atom stereocenters. The second-order valence-corrected chi connectivity index (χ2v) is 10.1. The number of hydrogen-bond donors (Lipinski definition) is 3. The Kier molecular flexibility index (Phi) is 6.46. The lowest BCUT2D eigenvalue weighted by molar-refractivity contribution is 0.102. The van der Waals surface area contributed by atoms with E-state index in [2.05, 4.69) is 25.9 Å². The minimum atomic E-state index is -3.42. The fourth-order valence-corrected chi connectivity index (χ4v) is 4.19. The van der Waals surface area contributed by atoms with Gasteiger partial charge in [0.1, 0.15) is 12.1 Å². The van der Waals surface area contributed by atoms with Crippen molar-refractivity contribution in [2.24, 2.45) is 0 Å². The zero-order valence-corrected chi connectivity index (χ0v) is 19.5. The zero-order valence-electron chi connectivity index (χ0n) is 18.6. The predicted octanol–water partition coefficient (Wildman–Crippen LogP) is 2.45. The molecule has 0 radical (unpaired) electrons. The van der Waals surface area contributed by atoms with Gasteiger partial charge >= 0.3 is 6.03 Å². The number of nitrogens with one attached hydrogen (secondary N) is 3. The van der Waals surface area contributed by atoms with Gasteiger partial charge in [0.15, 0.2) is 9.84 Å². The van der Waals surface area contributed by atoms with Crippen LogP contribution >= 0.6 is 0 Å². The summed E-state index contributed by atoms with van der Waals surface area (Å²) in [4.78, 5) is 35.1. The van der Waals surface area contributed by atoms with Crippen molar-refractivity contribution in [3.05, 3.63) is 72.2 Å². The number of urea groups is 1. The van der Waals surface area contributed by atoms with E-state index in [1.54, 1.807) is 37.4 Å². The monoisotopic (exact) mass is 480 g/mol. The van der Waals surface area contributed by atoms with E-state index in [1.807, 2.05) is 11.0 Å². The van der Waals surface area contributed by atoms with Crippen molar-refractivity contribution in [2.75, 3.05) is 34.9 Å². The number of amides is 3. The predicted molar refractivity (Wildman–Crippen MR) is 129 cm³/mol. The summed E-state index contributed by atoms with van der Waals surface area (Å²) >= 11 is 0. The van der Waals surface area contributed by atoms with Crippen molar-refractivity contribution in [2.45, 2.75) is 17.9 Å². The van der Waals surface area contributed by atoms with Crippen LogP contribution in [0.5, 0.6) is 0 Å². The first-order valence-corrected chi connectivity index (χ1v) is 12.4. The lowest BCUT2D eigenvalue weighted by Gasteiger charge is -2.40. The fraction of sp³-hybridized carbons (Fsp3) is 0.217. The first kappa shape index (κ1) is 23.2. The molecule has 34 heavy (non-hydrogen) atoms. The van der Waals surface area contributed by atoms with E-state index in [0.29, 0.717) is 24.5 Å². The number of hydrogen-bond acceptors (Lipinski definition) is 7. The van der Waals surface area contributed by atoms with E-state index < -0.39 is 15.7 Å². The Balaban J connectivity index is 1.32. The zero-order chi connectivity index (χ0) is 24.3. The van der Waals surface area contributed by atoms with Gasteiger partial charge < -0.3 is 20.9 Å². The number of rotatable bonds is 6. The van der Waals surface area contributed by atoms with Crippen LogP contribution in [-0.4, -0.2) is 55.7 Å². The van der Waals surface area contributed by atoms with Crippen LogP contribution in [0.2, 0.25) is 0 Å². The summed E-state index contributed by atoms with van der Waals surface area (Å²) in [5.74, 6) is 0.398. The first-order chi connectivity index (χ1) is 16.2. The second-order valence-electron chi connectivity index (χ2n) is 8.05. The number of nitrogens with zero attached hydrogens (tertiary/aromatic N) is 3. The lowest BCUT2D eigenvalue weighted by Crippen LogP contribution is -2.60. The Morgan fingerprint density at radius 3 is 2.53 bits per heavy atom. The van der Waals surface area contributed by atoms with Crippen LogP contribution in [0.4, 0.5) is 22.0 Å². The lowest BCUT2D eigenvalue weighted by atomic mass is 10.1. The number of aromatic nitrogens is 2. The average Bonchev–Trinajstić information content (AvgIpc) is 2.78. The number of benzene rings is 2. The number of sulfone groups is 1. The maximum Gasteiger partial charge on any atom is 0.319 e. The Morgan fingerprint density at radius 1 is 1.06 bits per heavy atom. The van der Waals surface area contributed by atoms with Gasteiger partial charge in [0.05, 0.1) is 10.9 Å². The molecule has 1 aromatic heterocycles. The van der Waals surface area contributed by atoms with Crippen LogP contribution in [0.15, 0.2) is 66.0 Å². The summed E-state index contributed by atoms with van der Waals surface area (Å²) in [7, 11) is -3.42. The van der Waals surface area contributed by atoms with E-state index in [-0.39, 0.29) is 22.5 Å². The molecule has 2 aromatic carbocycles. The SMILES string of the molecule is Cc1cc(NC(=O)NC2CN(c3ccncn3)C2)ccc1NC(=O)c1cccc(S(C)(=O)=O)c1. The molecule has 0 aliphatic carbocycles. The minimum absolute atomic E-state index is 0.0114. The summed E-state index contributed by atoms with van der Waals surface area (Å²) in [5, 5.41) is 8.49. The molecule has 11 heteroatoms. The molecule has 1 aliphatic heterocycles.